The number of carbonyl (C=O) groups excluding carboxylic acids is 1. The number of anilines is 1. The molecule has 4 rings (SSSR count). The van der Waals surface area contributed by atoms with Gasteiger partial charge in [-0.05, 0) is 74.9 Å². The van der Waals surface area contributed by atoms with E-state index in [-0.39, 0.29) is 17.3 Å². The monoisotopic (exact) mass is 495 g/mol. The van der Waals surface area contributed by atoms with Gasteiger partial charge in [0.25, 0.3) is 5.91 Å². The standard InChI is InChI=1S/C25H25N3O4S2/c1-4-32-21-6-5-7-22-23(21)27-25(33-22)28(16-18-12-14-26-15-13-18)24(29)19-8-10-20(11-9-19)34(30,31)17(2)3/h5-15,17H,4,16H2,1-3H3. The molecule has 0 unspecified atom stereocenters. The summed E-state index contributed by atoms with van der Waals surface area (Å²) in [5, 5.41) is -0.0117. The zero-order chi connectivity index (χ0) is 24.3. The highest BCUT2D eigenvalue weighted by molar-refractivity contribution is 7.92. The Labute approximate surface area is 203 Å². The first-order valence-electron chi connectivity index (χ1n) is 10.9. The number of sulfone groups is 1. The van der Waals surface area contributed by atoms with E-state index < -0.39 is 15.1 Å². The molecule has 0 spiro atoms. The van der Waals surface area contributed by atoms with Crippen LogP contribution < -0.4 is 9.64 Å². The summed E-state index contributed by atoms with van der Waals surface area (Å²) in [4.78, 5) is 24.2. The van der Waals surface area contributed by atoms with E-state index in [0.29, 0.717) is 28.6 Å². The molecule has 0 bridgehead atoms. The highest BCUT2D eigenvalue weighted by Crippen LogP contribution is 2.35. The van der Waals surface area contributed by atoms with Gasteiger partial charge in [0.1, 0.15) is 11.3 Å². The zero-order valence-electron chi connectivity index (χ0n) is 19.1. The van der Waals surface area contributed by atoms with Crippen LogP contribution in [0.1, 0.15) is 36.7 Å². The molecule has 0 aliphatic carbocycles. The van der Waals surface area contributed by atoms with E-state index in [0.717, 1.165) is 10.3 Å². The molecule has 0 atom stereocenters. The number of hydrogen-bond donors (Lipinski definition) is 0. The Morgan fingerprint density at radius 1 is 1.06 bits per heavy atom. The molecule has 0 radical (unpaired) electrons. The van der Waals surface area contributed by atoms with Gasteiger partial charge in [-0.2, -0.15) is 0 Å². The topological polar surface area (TPSA) is 89.5 Å². The molecule has 4 aromatic rings. The first-order valence-corrected chi connectivity index (χ1v) is 13.2. The van der Waals surface area contributed by atoms with Gasteiger partial charge in [-0.3, -0.25) is 14.7 Å². The maximum absolute atomic E-state index is 13.6. The van der Waals surface area contributed by atoms with Crippen LogP contribution in [0.4, 0.5) is 5.13 Å². The molecule has 0 aliphatic rings. The summed E-state index contributed by atoms with van der Waals surface area (Å²) >= 11 is 1.40. The quantitative estimate of drug-likeness (QED) is 0.337. The van der Waals surface area contributed by atoms with Gasteiger partial charge < -0.3 is 4.74 Å². The maximum atomic E-state index is 13.6. The number of nitrogens with zero attached hydrogens (tertiary/aromatic N) is 3. The van der Waals surface area contributed by atoms with Gasteiger partial charge in [0.2, 0.25) is 0 Å². The number of amides is 1. The number of carbonyl (C=O) groups is 1. The molecule has 1 amide bonds. The summed E-state index contributed by atoms with van der Waals surface area (Å²) in [6, 6.07) is 15.5. The molecule has 9 heteroatoms. The fraction of sp³-hybridized carbons (Fsp3) is 0.240. The van der Waals surface area contributed by atoms with E-state index in [1.807, 2.05) is 37.3 Å². The van der Waals surface area contributed by atoms with Crippen molar-refractivity contribution < 1.29 is 17.9 Å². The van der Waals surface area contributed by atoms with Crippen molar-refractivity contribution >= 4 is 42.4 Å². The second-order valence-electron chi connectivity index (χ2n) is 7.90. The Hall–Kier alpha value is -3.30. The van der Waals surface area contributed by atoms with Gasteiger partial charge in [-0.25, -0.2) is 13.4 Å². The molecule has 2 heterocycles. The van der Waals surface area contributed by atoms with Gasteiger partial charge in [0, 0.05) is 18.0 Å². The van der Waals surface area contributed by atoms with Gasteiger partial charge >= 0.3 is 0 Å². The summed E-state index contributed by atoms with van der Waals surface area (Å²) in [6.07, 6.45) is 3.35. The maximum Gasteiger partial charge on any atom is 0.260 e. The molecule has 0 N–H and O–H groups in total. The number of thiazole rings is 1. The lowest BCUT2D eigenvalue weighted by Gasteiger charge is -2.20. The van der Waals surface area contributed by atoms with Gasteiger partial charge in [-0.15, -0.1) is 0 Å². The van der Waals surface area contributed by atoms with Gasteiger partial charge in [0.05, 0.1) is 28.0 Å². The van der Waals surface area contributed by atoms with Crippen LogP contribution in [0.3, 0.4) is 0 Å². The minimum absolute atomic E-state index is 0.195. The Bertz CT molecular complexity index is 1400. The van der Waals surface area contributed by atoms with E-state index >= 15 is 0 Å². The van der Waals surface area contributed by atoms with Crippen LogP contribution in [0.25, 0.3) is 10.2 Å². The fourth-order valence-corrected chi connectivity index (χ4v) is 5.45. The largest absolute Gasteiger partial charge is 0.492 e. The molecule has 34 heavy (non-hydrogen) atoms. The summed E-state index contributed by atoms with van der Waals surface area (Å²) in [6.45, 7) is 5.98. The first-order chi connectivity index (χ1) is 16.3. The number of pyridine rings is 1. The summed E-state index contributed by atoms with van der Waals surface area (Å²) in [5.41, 5.74) is 1.97. The molecular weight excluding hydrogens is 470 g/mol. The summed E-state index contributed by atoms with van der Waals surface area (Å²) in [5.74, 6) is 0.393. The Kier molecular flexibility index (Phi) is 6.95. The van der Waals surface area contributed by atoms with Crippen molar-refractivity contribution in [3.63, 3.8) is 0 Å². The number of aromatic nitrogens is 2. The average Bonchev–Trinajstić information content (AvgIpc) is 3.28. The number of hydrogen-bond acceptors (Lipinski definition) is 7. The molecule has 0 saturated heterocycles. The minimum Gasteiger partial charge on any atom is -0.492 e. The van der Waals surface area contributed by atoms with Crippen LogP contribution >= 0.6 is 11.3 Å². The van der Waals surface area contributed by atoms with Gasteiger partial charge in [0.15, 0.2) is 15.0 Å². The first kappa shape index (κ1) is 23.8. The third kappa shape index (κ3) is 4.80. The van der Waals surface area contributed by atoms with Crippen molar-refractivity contribution in [2.75, 3.05) is 11.5 Å². The molecule has 0 saturated carbocycles. The van der Waals surface area contributed by atoms with E-state index in [2.05, 4.69) is 4.98 Å². The summed E-state index contributed by atoms with van der Waals surface area (Å²) in [7, 11) is -3.42. The lowest BCUT2D eigenvalue weighted by Crippen LogP contribution is -2.30. The SMILES string of the molecule is CCOc1cccc2sc(N(Cc3ccncc3)C(=O)c3ccc(S(=O)(=O)C(C)C)cc3)nc12. The van der Waals surface area contributed by atoms with Crippen molar-refractivity contribution in [2.45, 2.75) is 37.5 Å². The van der Waals surface area contributed by atoms with E-state index in [4.69, 9.17) is 9.72 Å². The molecule has 2 aromatic heterocycles. The van der Waals surface area contributed by atoms with Crippen LogP contribution in [0, 0.1) is 0 Å². The molecule has 176 valence electrons. The number of ether oxygens (including phenoxy) is 1. The van der Waals surface area contributed by atoms with Crippen molar-refractivity contribution in [3.8, 4) is 5.75 Å². The normalized spacial score (nSPS) is 11.6. The lowest BCUT2D eigenvalue weighted by molar-refractivity contribution is 0.0985. The van der Waals surface area contributed by atoms with Gasteiger partial charge in [-0.1, -0.05) is 17.4 Å². The van der Waals surface area contributed by atoms with E-state index in [1.54, 1.807) is 43.3 Å². The van der Waals surface area contributed by atoms with Crippen LogP contribution in [0.2, 0.25) is 0 Å². The predicted octanol–water partition coefficient (Wildman–Crippen LogP) is 5.12. The molecule has 7 nitrogen and oxygen atoms in total. The third-order valence-electron chi connectivity index (χ3n) is 5.29. The zero-order valence-corrected chi connectivity index (χ0v) is 20.8. The third-order valence-corrected chi connectivity index (χ3v) is 8.50. The molecule has 2 aromatic carbocycles. The number of rotatable bonds is 8. The smallest absolute Gasteiger partial charge is 0.260 e. The Morgan fingerprint density at radius 2 is 1.76 bits per heavy atom. The lowest BCUT2D eigenvalue weighted by atomic mass is 10.2. The van der Waals surface area contributed by atoms with Crippen LogP contribution in [-0.4, -0.2) is 36.1 Å². The van der Waals surface area contributed by atoms with Crippen LogP contribution in [0.5, 0.6) is 5.75 Å². The molecule has 0 aliphatic heterocycles. The number of fused-ring (bicyclic) bond motifs is 1. The van der Waals surface area contributed by atoms with Crippen LogP contribution in [0.15, 0.2) is 71.9 Å². The fourth-order valence-electron chi connectivity index (χ4n) is 3.41. The van der Waals surface area contributed by atoms with Crippen molar-refractivity contribution in [3.05, 3.63) is 78.1 Å². The molecule has 0 fully saturated rings. The summed E-state index contributed by atoms with van der Waals surface area (Å²) < 4.78 is 31.6. The Morgan fingerprint density at radius 3 is 2.41 bits per heavy atom. The van der Waals surface area contributed by atoms with E-state index in [1.165, 1.54) is 23.5 Å². The number of benzene rings is 2. The molecular formula is C25H25N3O4S2. The second kappa shape index (κ2) is 9.90. The van der Waals surface area contributed by atoms with Crippen molar-refractivity contribution in [1.82, 2.24) is 9.97 Å². The number of para-hydroxylation sites is 1. The second-order valence-corrected chi connectivity index (χ2v) is 11.4. The van der Waals surface area contributed by atoms with Crippen molar-refractivity contribution in [1.29, 1.82) is 0 Å². The minimum atomic E-state index is -3.42. The predicted molar refractivity (Wildman–Crippen MR) is 134 cm³/mol. The van der Waals surface area contributed by atoms with Crippen LogP contribution in [-0.2, 0) is 16.4 Å². The highest BCUT2D eigenvalue weighted by Gasteiger charge is 2.24. The van der Waals surface area contributed by atoms with E-state index in [9.17, 15) is 13.2 Å². The Balaban J connectivity index is 1.74. The highest BCUT2D eigenvalue weighted by atomic mass is 32.2. The van der Waals surface area contributed by atoms with Crippen molar-refractivity contribution in [2.24, 2.45) is 0 Å². The average molecular weight is 496 g/mol.